The van der Waals surface area contributed by atoms with Crippen LogP contribution in [0.25, 0.3) is 6.08 Å². The van der Waals surface area contributed by atoms with Crippen molar-refractivity contribution < 1.29 is 9.18 Å². The molecule has 27 heavy (non-hydrogen) atoms. The first-order valence-electron chi connectivity index (χ1n) is 7.99. The van der Waals surface area contributed by atoms with Gasteiger partial charge in [0.05, 0.1) is 34.5 Å². The Bertz CT molecular complexity index is 1050. The molecule has 0 atom stereocenters. The molecule has 0 fully saturated rings. The first-order valence-corrected chi connectivity index (χ1v) is 8.78. The molecule has 134 valence electrons. The number of aromatic nitrogens is 2. The van der Waals surface area contributed by atoms with Gasteiger partial charge in [0, 0.05) is 12.3 Å². The number of carbonyl (C=O) groups excluding carboxylic acids is 1. The Morgan fingerprint density at radius 1 is 1.33 bits per heavy atom. The van der Waals surface area contributed by atoms with Crippen LogP contribution in [0.3, 0.4) is 0 Å². The standard InChI is InChI=1S/C20H14BrFN4O/c21-18-9-14(4-6-19(18)22)5-7-20(27)25-17-11-24-26(13-17)12-16-3-1-2-15(8-16)10-23/h1-9,11,13H,12H2,(H,25,27). The lowest BCUT2D eigenvalue weighted by atomic mass is 10.1. The van der Waals surface area contributed by atoms with Gasteiger partial charge in [-0.25, -0.2) is 4.39 Å². The van der Waals surface area contributed by atoms with Crippen molar-refractivity contribution in [2.45, 2.75) is 6.54 Å². The van der Waals surface area contributed by atoms with Gasteiger partial charge in [-0.3, -0.25) is 9.48 Å². The normalized spacial score (nSPS) is 10.7. The van der Waals surface area contributed by atoms with Gasteiger partial charge >= 0.3 is 0 Å². The molecule has 3 rings (SSSR count). The van der Waals surface area contributed by atoms with Crippen LogP contribution in [0.15, 0.2) is 65.4 Å². The minimum absolute atomic E-state index is 0.318. The minimum atomic E-state index is -0.357. The second kappa shape index (κ2) is 8.43. The fraction of sp³-hybridized carbons (Fsp3) is 0.0500. The number of nitrogens with one attached hydrogen (secondary N) is 1. The monoisotopic (exact) mass is 424 g/mol. The van der Waals surface area contributed by atoms with Crippen molar-refractivity contribution in [3.05, 3.63) is 87.9 Å². The molecule has 0 aliphatic rings. The molecule has 0 aliphatic carbocycles. The van der Waals surface area contributed by atoms with E-state index in [0.717, 1.165) is 5.56 Å². The summed E-state index contributed by atoms with van der Waals surface area (Å²) in [6.07, 6.45) is 6.22. The number of rotatable bonds is 5. The zero-order valence-corrected chi connectivity index (χ0v) is 15.6. The third-order valence-electron chi connectivity index (χ3n) is 3.67. The Morgan fingerprint density at radius 2 is 2.19 bits per heavy atom. The highest BCUT2D eigenvalue weighted by molar-refractivity contribution is 9.10. The Morgan fingerprint density at radius 3 is 2.96 bits per heavy atom. The van der Waals surface area contributed by atoms with Crippen LogP contribution in [0.4, 0.5) is 10.1 Å². The van der Waals surface area contributed by atoms with Crippen molar-refractivity contribution in [2.24, 2.45) is 0 Å². The largest absolute Gasteiger partial charge is 0.320 e. The Balaban J connectivity index is 1.61. The number of nitriles is 1. The van der Waals surface area contributed by atoms with E-state index in [4.69, 9.17) is 5.26 Å². The summed E-state index contributed by atoms with van der Waals surface area (Å²) in [6.45, 7) is 0.491. The van der Waals surface area contributed by atoms with Crippen molar-refractivity contribution in [1.82, 2.24) is 9.78 Å². The van der Waals surface area contributed by atoms with Crippen molar-refractivity contribution in [1.29, 1.82) is 5.26 Å². The molecule has 1 aromatic heterocycles. The average molecular weight is 425 g/mol. The molecule has 1 N–H and O–H groups in total. The lowest BCUT2D eigenvalue weighted by molar-refractivity contribution is -0.111. The summed E-state index contributed by atoms with van der Waals surface area (Å²) < 4.78 is 15.2. The zero-order chi connectivity index (χ0) is 19.2. The van der Waals surface area contributed by atoms with Gasteiger partial charge in [0.15, 0.2) is 0 Å². The van der Waals surface area contributed by atoms with Crippen LogP contribution in [-0.2, 0) is 11.3 Å². The molecule has 0 radical (unpaired) electrons. The molecule has 0 unspecified atom stereocenters. The Hall–Kier alpha value is -3.24. The van der Waals surface area contributed by atoms with E-state index in [1.165, 1.54) is 12.1 Å². The van der Waals surface area contributed by atoms with Crippen molar-refractivity contribution in [2.75, 3.05) is 5.32 Å². The lowest BCUT2D eigenvalue weighted by Crippen LogP contribution is -2.07. The molecule has 0 saturated heterocycles. The van der Waals surface area contributed by atoms with Crippen LogP contribution in [0.2, 0.25) is 0 Å². The zero-order valence-electron chi connectivity index (χ0n) is 14.1. The van der Waals surface area contributed by atoms with Crippen LogP contribution in [0, 0.1) is 17.1 Å². The highest BCUT2D eigenvalue weighted by Crippen LogP contribution is 2.17. The number of halogens is 2. The number of nitrogens with zero attached hydrogens (tertiary/aromatic N) is 3. The predicted molar refractivity (Wildman–Crippen MR) is 104 cm³/mol. The summed E-state index contributed by atoms with van der Waals surface area (Å²) >= 11 is 3.11. The second-order valence-electron chi connectivity index (χ2n) is 5.73. The molecule has 0 aliphatic heterocycles. The van der Waals surface area contributed by atoms with E-state index in [1.807, 2.05) is 12.1 Å². The molecule has 5 nitrogen and oxygen atoms in total. The molecule has 2 aromatic carbocycles. The van der Waals surface area contributed by atoms with Crippen LogP contribution in [0.5, 0.6) is 0 Å². The van der Waals surface area contributed by atoms with Gasteiger partial charge in [-0.05, 0) is 57.4 Å². The average Bonchev–Trinajstić information content (AvgIpc) is 3.09. The summed E-state index contributed by atoms with van der Waals surface area (Å²) in [6, 6.07) is 13.9. The van der Waals surface area contributed by atoms with Crippen molar-refractivity contribution in [3.63, 3.8) is 0 Å². The quantitative estimate of drug-likeness (QED) is 0.618. The fourth-order valence-corrected chi connectivity index (χ4v) is 2.81. The van der Waals surface area contributed by atoms with E-state index in [1.54, 1.807) is 47.4 Å². The SMILES string of the molecule is N#Cc1cccc(Cn2cc(NC(=O)C=Cc3ccc(F)c(Br)c3)cn2)c1. The van der Waals surface area contributed by atoms with Gasteiger partial charge < -0.3 is 5.32 Å². The maximum Gasteiger partial charge on any atom is 0.248 e. The molecule has 0 saturated carbocycles. The predicted octanol–water partition coefficient (Wildman–Crippen LogP) is 4.36. The maximum absolute atomic E-state index is 13.2. The number of benzene rings is 2. The van der Waals surface area contributed by atoms with E-state index in [2.05, 4.69) is 32.4 Å². The molecular formula is C20H14BrFN4O. The van der Waals surface area contributed by atoms with E-state index in [-0.39, 0.29) is 11.7 Å². The molecule has 1 heterocycles. The van der Waals surface area contributed by atoms with E-state index < -0.39 is 0 Å². The maximum atomic E-state index is 13.2. The topological polar surface area (TPSA) is 70.7 Å². The number of amides is 1. The van der Waals surface area contributed by atoms with E-state index in [0.29, 0.717) is 27.8 Å². The summed E-state index contributed by atoms with van der Waals surface area (Å²) in [5.41, 5.74) is 2.79. The third-order valence-corrected chi connectivity index (χ3v) is 4.28. The highest BCUT2D eigenvalue weighted by Gasteiger charge is 2.04. The smallest absolute Gasteiger partial charge is 0.248 e. The van der Waals surface area contributed by atoms with Gasteiger partial charge in [0.25, 0.3) is 0 Å². The highest BCUT2D eigenvalue weighted by atomic mass is 79.9. The Kier molecular flexibility index (Phi) is 5.79. The number of hydrogen-bond donors (Lipinski definition) is 1. The summed E-state index contributed by atoms with van der Waals surface area (Å²) in [4.78, 5) is 12.0. The number of hydrogen-bond acceptors (Lipinski definition) is 3. The first kappa shape index (κ1) is 18.5. The van der Waals surface area contributed by atoms with Gasteiger partial charge in [0.1, 0.15) is 5.82 Å². The minimum Gasteiger partial charge on any atom is -0.320 e. The summed E-state index contributed by atoms with van der Waals surface area (Å²) in [5.74, 6) is -0.675. The molecule has 7 heteroatoms. The molecule has 0 bridgehead atoms. The molecule has 3 aromatic rings. The lowest BCUT2D eigenvalue weighted by Gasteiger charge is -2.02. The van der Waals surface area contributed by atoms with Crippen molar-refractivity contribution >= 4 is 33.6 Å². The second-order valence-corrected chi connectivity index (χ2v) is 6.59. The molecule has 0 spiro atoms. The third kappa shape index (κ3) is 5.12. The van der Waals surface area contributed by atoms with Crippen LogP contribution >= 0.6 is 15.9 Å². The molecule has 1 amide bonds. The van der Waals surface area contributed by atoms with Gasteiger partial charge in [-0.2, -0.15) is 10.4 Å². The van der Waals surface area contributed by atoms with Crippen LogP contribution in [0.1, 0.15) is 16.7 Å². The van der Waals surface area contributed by atoms with Crippen LogP contribution < -0.4 is 5.32 Å². The number of carbonyl (C=O) groups is 1. The van der Waals surface area contributed by atoms with Gasteiger partial charge in [0.2, 0.25) is 5.91 Å². The Labute approximate surface area is 163 Å². The van der Waals surface area contributed by atoms with Crippen molar-refractivity contribution in [3.8, 4) is 6.07 Å². The fourth-order valence-electron chi connectivity index (χ4n) is 2.41. The summed E-state index contributed by atoms with van der Waals surface area (Å²) in [7, 11) is 0. The van der Waals surface area contributed by atoms with Gasteiger partial charge in [-0.1, -0.05) is 18.2 Å². The summed E-state index contributed by atoms with van der Waals surface area (Å²) in [5, 5.41) is 15.9. The van der Waals surface area contributed by atoms with E-state index >= 15 is 0 Å². The van der Waals surface area contributed by atoms with Crippen LogP contribution in [-0.4, -0.2) is 15.7 Å². The first-order chi connectivity index (χ1) is 13.0. The molecular weight excluding hydrogens is 411 g/mol. The van der Waals surface area contributed by atoms with Gasteiger partial charge in [-0.15, -0.1) is 0 Å². The number of anilines is 1. The van der Waals surface area contributed by atoms with E-state index in [9.17, 15) is 9.18 Å².